The van der Waals surface area contributed by atoms with E-state index in [1.165, 1.54) is 24.0 Å². The van der Waals surface area contributed by atoms with Crippen molar-refractivity contribution in [1.29, 1.82) is 0 Å². The van der Waals surface area contributed by atoms with Crippen molar-refractivity contribution in [2.75, 3.05) is 52.4 Å². The van der Waals surface area contributed by atoms with Crippen molar-refractivity contribution < 1.29 is 74.2 Å². The Bertz CT molecular complexity index is 739. The quantitative estimate of drug-likeness (QED) is 0.299. The maximum Gasteiger partial charge on any atom is 2.00 e. The first-order valence-electron chi connectivity index (χ1n) is 12.1. The summed E-state index contributed by atoms with van der Waals surface area (Å²) in [4.78, 5) is 5.16. The molecular weight excluding hydrogens is 602 g/mol. The van der Waals surface area contributed by atoms with E-state index in [-0.39, 0.29) is 16.5 Å². The zero-order valence-electron chi connectivity index (χ0n) is 21.5. The standard InChI is InChI=1S/C24H36N4.2ClHO4.Ni/c1-3-9-23(10-4-1)21-27-17-7-13-26-16-20-28(18-8-14-25-15-19-27)22-24-11-5-2-6-12-24;2*2-1(3,4)5;/h1-6,9-12,25-26H,7-8,13-22H2;2*(H,2,3,4,5);/q;;;+2/p-2. The fourth-order valence-electron chi connectivity index (χ4n) is 3.80. The largest absolute Gasteiger partial charge is 2.00 e. The summed E-state index contributed by atoms with van der Waals surface area (Å²) < 4.78 is 67.9. The molecule has 12 nitrogen and oxygen atoms in total. The average Bonchev–Trinajstić information content (AvgIpc) is 2.82. The molecule has 1 saturated heterocycles. The van der Waals surface area contributed by atoms with Gasteiger partial charge in [0.2, 0.25) is 0 Å². The predicted molar refractivity (Wildman–Crippen MR) is 118 cm³/mol. The van der Waals surface area contributed by atoms with E-state index < -0.39 is 20.5 Å². The van der Waals surface area contributed by atoms with Gasteiger partial charge < -0.3 is 10.6 Å². The second-order valence-electron chi connectivity index (χ2n) is 8.49. The Morgan fingerprint density at radius 2 is 0.821 bits per heavy atom. The number of halogens is 2. The smallest absolute Gasteiger partial charge is 0.315 e. The third-order valence-electron chi connectivity index (χ3n) is 5.36. The molecule has 0 spiro atoms. The van der Waals surface area contributed by atoms with Gasteiger partial charge in [-0.2, -0.15) is 0 Å². The Hall–Kier alpha value is -0.966. The molecule has 0 unspecified atom stereocenters. The number of hydrogen-bond donors (Lipinski definition) is 2. The summed E-state index contributed by atoms with van der Waals surface area (Å²) in [5.74, 6) is 0. The van der Waals surface area contributed by atoms with Crippen molar-refractivity contribution in [1.82, 2.24) is 20.4 Å². The Kier molecular flexibility index (Phi) is 21.2. The summed E-state index contributed by atoms with van der Waals surface area (Å²) in [5.41, 5.74) is 2.82. The van der Waals surface area contributed by atoms with E-state index >= 15 is 0 Å². The topological polar surface area (TPSA) is 215 Å². The van der Waals surface area contributed by atoms with Crippen molar-refractivity contribution in [2.24, 2.45) is 0 Å². The second kappa shape index (κ2) is 21.7. The van der Waals surface area contributed by atoms with Gasteiger partial charge in [-0.05, 0) is 50.1 Å². The number of hydrogen-bond acceptors (Lipinski definition) is 12. The van der Waals surface area contributed by atoms with Gasteiger partial charge in [0.05, 0.1) is 0 Å². The van der Waals surface area contributed by atoms with Crippen LogP contribution in [0, 0.1) is 20.5 Å². The van der Waals surface area contributed by atoms with E-state index in [4.69, 9.17) is 37.3 Å². The molecule has 1 aliphatic heterocycles. The molecule has 1 fully saturated rings. The van der Waals surface area contributed by atoms with Crippen LogP contribution >= 0.6 is 0 Å². The molecule has 3 rings (SSSR count). The molecule has 39 heavy (non-hydrogen) atoms. The van der Waals surface area contributed by atoms with Crippen LogP contribution in [-0.4, -0.2) is 62.2 Å². The first-order valence-corrected chi connectivity index (χ1v) is 14.5. The van der Waals surface area contributed by atoms with Crippen LogP contribution in [0.25, 0.3) is 0 Å². The second-order valence-corrected chi connectivity index (χ2v) is 10.00. The van der Waals surface area contributed by atoms with Crippen LogP contribution in [0.1, 0.15) is 24.0 Å². The summed E-state index contributed by atoms with van der Waals surface area (Å²) in [5, 5.41) is 7.31. The minimum Gasteiger partial charge on any atom is -0.315 e. The van der Waals surface area contributed by atoms with Gasteiger partial charge in [0.1, 0.15) is 0 Å². The minimum atomic E-state index is -4.94. The van der Waals surface area contributed by atoms with E-state index in [2.05, 4.69) is 81.1 Å². The summed E-state index contributed by atoms with van der Waals surface area (Å²) in [6.45, 7) is 11.0. The molecular formula is C24H36Cl2N4NiO8. The molecule has 0 radical (unpaired) electrons. The SMILES string of the molecule is [Ni+2].[O-][Cl+3]([O-])([O-])[O-].[O-][Cl+3]([O-])([O-])[O-].c1ccc(CN2CCCNCCN(Cc3ccccc3)CCCNCC2)cc1. The van der Waals surface area contributed by atoms with Gasteiger partial charge in [-0.15, -0.1) is 20.5 Å². The zero-order chi connectivity index (χ0) is 28.3. The van der Waals surface area contributed by atoms with Gasteiger partial charge in [0, 0.05) is 39.3 Å². The third-order valence-corrected chi connectivity index (χ3v) is 5.36. The molecule has 0 bridgehead atoms. The monoisotopic (exact) mass is 636 g/mol. The molecule has 0 saturated carbocycles. The Labute approximate surface area is 244 Å². The van der Waals surface area contributed by atoms with E-state index in [1.807, 2.05) is 0 Å². The number of nitrogens with one attached hydrogen (secondary N) is 2. The molecule has 0 atom stereocenters. The average molecular weight is 638 g/mol. The summed E-state index contributed by atoms with van der Waals surface area (Å²) in [6, 6.07) is 21.7. The first kappa shape index (κ1) is 38.0. The molecule has 1 aliphatic rings. The number of nitrogens with zero attached hydrogens (tertiary/aromatic N) is 2. The third kappa shape index (κ3) is 27.0. The van der Waals surface area contributed by atoms with Gasteiger partial charge in [0.15, 0.2) is 0 Å². The molecule has 0 amide bonds. The molecule has 2 N–H and O–H groups in total. The van der Waals surface area contributed by atoms with Crippen molar-refractivity contribution in [3.05, 3.63) is 71.8 Å². The molecule has 0 aromatic heterocycles. The Balaban J connectivity index is 0.00000113. The van der Waals surface area contributed by atoms with Gasteiger partial charge in [-0.25, -0.2) is 37.3 Å². The van der Waals surface area contributed by atoms with Crippen LogP contribution in [0.3, 0.4) is 0 Å². The molecule has 2 aromatic carbocycles. The van der Waals surface area contributed by atoms with Crippen molar-refractivity contribution in [3.63, 3.8) is 0 Å². The fourth-order valence-corrected chi connectivity index (χ4v) is 3.80. The molecule has 1 heterocycles. The number of benzene rings is 2. The first-order chi connectivity index (χ1) is 17.9. The van der Waals surface area contributed by atoms with E-state index in [0.29, 0.717) is 0 Å². The maximum atomic E-state index is 8.49. The van der Waals surface area contributed by atoms with Crippen LogP contribution in [0.2, 0.25) is 0 Å². The van der Waals surface area contributed by atoms with Crippen molar-refractivity contribution in [2.45, 2.75) is 25.9 Å². The zero-order valence-corrected chi connectivity index (χ0v) is 24.0. The molecule has 15 heteroatoms. The van der Waals surface area contributed by atoms with Gasteiger partial charge in [-0.1, -0.05) is 60.7 Å². The van der Waals surface area contributed by atoms with E-state index in [9.17, 15) is 0 Å². The Morgan fingerprint density at radius 3 is 1.13 bits per heavy atom. The molecule has 2 aromatic rings. The van der Waals surface area contributed by atoms with Crippen LogP contribution in [0.15, 0.2) is 60.7 Å². The number of rotatable bonds is 4. The summed E-state index contributed by atoms with van der Waals surface area (Å²) >= 11 is 0. The van der Waals surface area contributed by atoms with Gasteiger partial charge >= 0.3 is 16.5 Å². The van der Waals surface area contributed by atoms with Crippen LogP contribution in [0.4, 0.5) is 0 Å². The Morgan fingerprint density at radius 1 is 0.513 bits per heavy atom. The fraction of sp³-hybridized carbons (Fsp3) is 0.500. The van der Waals surface area contributed by atoms with Gasteiger partial charge in [0.25, 0.3) is 0 Å². The normalized spacial score (nSPS) is 16.8. The maximum absolute atomic E-state index is 8.49. The van der Waals surface area contributed by atoms with E-state index in [0.717, 1.165) is 65.4 Å². The van der Waals surface area contributed by atoms with Crippen LogP contribution in [-0.2, 0) is 29.6 Å². The van der Waals surface area contributed by atoms with Crippen molar-refractivity contribution in [3.8, 4) is 0 Å². The van der Waals surface area contributed by atoms with Crippen LogP contribution < -0.4 is 47.9 Å². The molecule has 0 aliphatic carbocycles. The van der Waals surface area contributed by atoms with Gasteiger partial charge in [-0.3, -0.25) is 9.80 Å². The predicted octanol–water partition coefficient (Wildman–Crippen LogP) is -6.55. The van der Waals surface area contributed by atoms with E-state index in [1.54, 1.807) is 0 Å². The van der Waals surface area contributed by atoms with Crippen molar-refractivity contribution >= 4 is 0 Å². The summed E-state index contributed by atoms with van der Waals surface area (Å²) in [6.07, 6.45) is 2.40. The van der Waals surface area contributed by atoms with Crippen LogP contribution in [0.5, 0.6) is 0 Å². The summed E-state index contributed by atoms with van der Waals surface area (Å²) in [7, 11) is -9.89. The minimum absolute atomic E-state index is 0. The molecule has 224 valence electrons.